The number of pyridine rings is 1. The molecule has 1 aromatic rings. The van der Waals surface area contributed by atoms with Crippen LogP contribution in [0.3, 0.4) is 0 Å². The average molecular weight is 183 g/mol. The molecular weight excluding hydrogens is 174 g/mol. The Morgan fingerprint density at radius 1 is 1.23 bits per heavy atom. The lowest BCUT2D eigenvalue weighted by Gasteiger charge is -1.82. The highest BCUT2D eigenvalue weighted by Crippen LogP contribution is 1.85. The summed E-state index contributed by atoms with van der Waals surface area (Å²) in [4.78, 5) is 22.2. The van der Waals surface area contributed by atoms with E-state index in [0.717, 1.165) is 5.69 Å². The first-order valence-electron chi connectivity index (χ1n) is 3.38. The van der Waals surface area contributed by atoms with Crippen molar-refractivity contribution in [2.75, 3.05) is 0 Å². The van der Waals surface area contributed by atoms with Crippen molar-refractivity contribution in [1.29, 1.82) is 0 Å². The van der Waals surface area contributed by atoms with E-state index >= 15 is 0 Å². The molecule has 1 rings (SSSR count). The molecule has 0 radical (unpaired) electrons. The summed E-state index contributed by atoms with van der Waals surface area (Å²) < 4.78 is 0. The highest BCUT2D eigenvalue weighted by Gasteiger charge is 2.04. The van der Waals surface area contributed by atoms with Crippen LogP contribution in [0.15, 0.2) is 24.4 Å². The lowest BCUT2D eigenvalue weighted by molar-refractivity contribution is -0.159. The Hall–Kier alpha value is -1.91. The van der Waals surface area contributed by atoms with Crippen LogP contribution in [-0.2, 0) is 9.59 Å². The van der Waals surface area contributed by atoms with E-state index in [4.69, 9.17) is 19.8 Å². The number of aliphatic carboxylic acids is 2. The SMILES string of the molecule is Cc1ccccn1.O=C(O)C(=O)O. The van der Waals surface area contributed by atoms with Crippen LogP contribution in [0, 0.1) is 6.92 Å². The number of aromatic nitrogens is 1. The third kappa shape index (κ3) is 6.49. The van der Waals surface area contributed by atoms with E-state index < -0.39 is 11.9 Å². The van der Waals surface area contributed by atoms with E-state index in [9.17, 15) is 0 Å². The second-order valence-corrected chi connectivity index (χ2v) is 2.08. The first kappa shape index (κ1) is 11.1. The van der Waals surface area contributed by atoms with E-state index in [2.05, 4.69) is 4.98 Å². The molecule has 2 N–H and O–H groups in total. The van der Waals surface area contributed by atoms with Gasteiger partial charge in [-0.05, 0) is 19.1 Å². The van der Waals surface area contributed by atoms with Crippen LogP contribution < -0.4 is 0 Å². The fourth-order valence-electron chi connectivity index (χ4n) is 0.448. The molecule has 0 atom stereocenters. The van der Waals surface area contributed by atoms with Crippen LogP contribution in [0.4, 0.5) is 0 Å². The minimum absolute atomic E-state index is 1.07. The number of hydrogen-bond acceptors (Lipinski definition) is 3. The summed E-state index contributed by atoms with van der Waals surface area (Å²) in [5.41, 5.74) is 1.07. The second kappa shape index (κ2) is 5.70. The van der Waals surface area contributed by atoms with Gasteiger partial charge < -0.3 is 10.2 Å². The Morgan fingerprint density at radius 3 is 1.92 bits per heavy atom. The third-order valence-electron chi connectivity index (χ3n) is 0.996. The van der Waals surface area contributed by atoms with Gasteiger partial charge in [0.1, 0.15) is 0 Å². The molecule has 1 heterocycles. The molecule has 0 aliphatic heterocycles. The van der Waals surface area contributed by atoms with Crippen LogP contribution >= 0.6 is 0 Å². The van der Waals surface area contributed by atoms with Crippen LogP contribution in [0.2, 0.25) is 0 Å². The van der Waals surface area contributed by atoms with Gasteiger partial charge in [-0.15, -0.1) is 0 Å². The molecule has 0 aromatic carbocycles. The lowest BCUT2D eigenvalue weighted by atomic mass is 10.4. The summed E-state index contributed by atoms with van der Waals surface area (Å²) in [7, 11) is 0. The van der Waals surface area contributed by atoms with Gasteiger partial charge in [0.15, 0.2) is 0 Å². The Balaban J connectivity index is 0.000000226. The maximum atomic E-state index is 9.10. The molecule has 5 heteroatoms. The normalized spacial score (nSPS) is 8.08. The minimum Gasteiger partial charge on any atom is -0.473 e. The monoisotopic (exact) mass is 183 g/mol. The van der Waals surface area contributed by atoms with Crippen LogP contribution in [-0.4, -0.2) is 27.1 Å². The van der Waals surface area contributed by atoms with Crippen LogP contribution in [0.25, 0.3) is 0 Å². The molecule has 0 unspecified atom stereocenters. The van der Waals surface area contributed by atoms with E-state index in [1.165, 1.54) is 0 Å². The molecule has 13 heavy (non-hydrogen) atoms. The predicted molar refractivity (Wildman–Crippen MR) is 44.2 cm³/mol. The van der Waals surface area contributed by atoms with E-state index in [-0.39, 0.29) is 0 Å². The Bertz CT molecular complexity index is 271. The summed E-state index contributed by atoms with van der Waals surface area (Å²) in [6, 6.07) is 5.86. The summed E-state index contributed by atoms with van der Waals surface area (Å²) in [5.74, 6) is -3.65. The van der Waals surface area contributed by atoms with Crippen molar-refractivity contribution in [1.82, 2.24) is 4.98 Å². The average Bonchev–Trinajstić information content (AvgIpc) is 2.06. The Morgan fingerprint density at radius 2 is 1.77 bits per heavy atom. The van der Waals surface area contributed by atoms with Crippen molar-refractivity contribution in [3.8, 4) is 0 Å². The van der Waals surface area contributed by atoms with Gasteiger partial charge in [0, 0.05) is 11.9 Å². The summed E-state index contributed by atoms with van der Waals surface area (Å²) in [6.07, 6.45) is 1.79. The summed E-state index contributed by atoms with van der Waals surface area (Å²) >= 11 is 0. The molecule has 5 nitrogen and oxygen atoms in total. The zero-order valence-electron chi connectivity index (χ0n) is 6.97. The number of carboxylic acid groups (broad SMARTS) is 2. The topological polar surface area (TPSA) is 87.5 Å². The van der Waals surface area contributed by atoms with Crippen molar-refractivity contribution in [2.24, 2.45) is 0 Å². The fraction of sp³-hybridized carbons (Fsp3) is 0.125. The quantitative estimate of drug-likeness (QED) is 0.573. The van der Waals surface area contributed by atoms with Gasteiger partial charge >= 0.3 is 11.9 Å². The van der Waals surface area contributed by atoms with E-state index in [1.54, 1.807) is 6.20 Å². The number of hydrogen-bond donors (Lipinski definition) is 2. The van der Waals surface area contributed by atoms with Crippen molar-refractivity contribution in [2.45, 2.75) is 6.92 Å². The smallest absolute Gasteiger partial charge is 0.414 e. The molecular formula is C8H9NO4. The molecule has 0 amide bonds. The van der Waals surface area contributed by atoms with Crippen molar-refractivity contribution >= 4 is 11.9 Å². The number of carbonyl (C=O) groups is 2. The summed E-state index contributed by atoms with van der Waals surface area (Å²) in [5, 5.41) is 14.8. The standard InChI is InChI=1S/C6H7N.C2H2O4/c1-6-4-2-3-5-7-6;3-1(4)2(5)6/h2-5H,1H3;(H,3,4)(H,5,6). The number of nitrogens with zero attached hydrogens (tertiary/aromatic N) is 1. The molecule has 0 saturated heterocycles. The van der Waals surface area contributed by atoms with Crippen molar-refractivity contribution in [3.05, 3.63) is 30.1 Å². The van der Waals surface area contributed by atoms with Crippen LogP contribution in [0.1, 0.15) is 5.69 Å². The lowest BCUT2D eigenvalue weighted by Crippen LogP contribution is -2.09. The first-order valence-corrected chi connectivity index (χ1v) is 3.38. The zero-order valence-corrected chi connectivity index (χ0v) is 6.97. The molecule has 70 valence electrons. The van der Waals surface area contributed by atoms with Gasteiger partial charge in [-0.2, -0.15) is 0 Å². The number of carboxylic acids is 2. The van der Waals surface area contributed by atoms with Gasteiger partial charge in [-0.3, -0.25) is 4.98 Å². The van der Waals surface area contributed by atoms with E-state index in [0.29, 0.717) is 0 Å². The molecule has 1 aromatic heterocycles. The molecule has 0 aliphatic carbocycles. The minimum atomic E-state index is -1.82. The van der Waals surface area contributed by atoms with Gasteiger partial charge in [-0.25, -0.2) is 9.59 Å². The summed E-state index contributed by atoms with van der Waals surface area (Å²) in [6.45, 7) is 1.97. The van der Waals surface area contributed by atoms with Crippen molar-refractivity contribution in [3.63, 3.8) is 0 Å². The highest BCUT2D eigenvalue weighted by molar-refractivity contribution is 6.27. The van der Waals surface area contributed by atoms with Gasteiger partial charge in [-0.1, -0.05) is 6.07 Å². The van der Waals surface area contributed by atoms with Gasteiger partial charge in [0.05, 0.1) is 0 Å². The fourth-order valence-corrected chi connectivity index (χ4v) is 0.448. The van der Waals surface area contributed by atoms with Gasteiger partial charge in [0.25, 0.3) is 0 Å². The molecule has 0 bridgehead atoms. The highest BCUT2D eigenvalue weighted by atomic mass is 16.4. The zero-order chi connectivity index (χ0) is 10.3. The van der Waals surface area contributed by atoms with Crippen molar-refractivity contribution < 1.29 is 19.8 Å². The Labute approximate surface area is 74.7 Å². The largest absolute Gasteiger partial charge is 0.473 e. The van der Waals surface area contributed by atoms with Gasteiger partial charge in [0.2, 0.25) is 0 Å². The van der Waals surface area contributed by atoms with Crippen LogP contribution in [0.5, 0.6) is 0 Å². The maximum Gasteiger partial charge on any atom is 0.414 e. The maximum absolute atomic E-state index is 9.10. The number of aryl methyl sites for hydroxylation is 1. The molecule has 0 fully saturated rings. The van der Waals surface area contributed by atoms with E-state index in [1.807, 2.05) is 25.1 Å². The molecule has 0 aliphatic rings. The number of rotatable bonds is 0. The second-order valence-electron chi connectivity index (χ2n) is 2.08. The Kier molecular flexibility index (Phi) is 4.87. The predicted octanol–water partition coefficient (Wildman–Crippen LogP) is 0.546. The third-order valence-corrected chi connectivity index (χ3v) is 0.996. The molecule has 0 saturated carbocycles. The first-order chi connectivity index (χ1) is 6.04. The molecule has 0 spiro atoms.